The third-order valence-corrected chi connectivity index (χ3v) is 4.05. The number of carbonyl (C=O) groups is 1. The molecule has 122 valence electrons. The van der Waals surface area contributed by atoms with Crippen molar-refractivity contribution in [2.24, 2.45) is 0 Å². The van der Waals surface area contributed by atoms with E-state index < -0.39 is 5.60 Å². The lowest BCUT2D eigenvalue weighted by Gasteiger charge is -2.36. The Bertz CT molecular complexity index is 537. The molecule has 0 spiro atoms. The van der Waals surface area contributed by atoms with Gasteiger partial charge < -0.3 is 15.4 Å². The Morgan fingerprint density at radius 2 is 1.95 bits per heavy atom. The smallest absolute Gasteiger partial charge is 0.407 e. The summed E-state index contributed by atoms with van der Waals surface area (Å²) in [6, 6.07) is 5.98. The molecule has 6 heteroatoms. The number of rotatable bonds is 4. The van der Waals surface area contributed by atoms with Gasteiger partial charge in [-0.15, -0.1) is 0 Å². The maximum atomic E-state index is 11.6. The summed E-state index contributed by atoms with van der Waals surface area (Å²) in [5, 5.41) is 7.68. The van der Waals surface area contributed by atoms with Gasteiger partial charge in [-0.3, -0.25) is 0 Å². The number of ether oxygens (including phenoxy) is 1. The van der Waals surface area contributed by atoms with Gasteiger partial charge in [-0.2, -0.15) is 0 Å². The summed E-state index contributed by atoms with van der Waals surface area (Å²) in [7, 11) is 0. The molecule has 1 amide bonds. The van der Waals surface area contributed by atoms with Crippen LogP contribution < -0.4 is 10.6 Å². The molecule has 0 unspecified atom stereocenters. The van der Waals surface area contributed by atoms with E-state index in [9.17, 15) is 4.79 Å². The van der Waals surface area contributed by atoms with Crippen LogP contribution in [-0.2, 0) is 11.3 Å². The summed E-state index contributed by atoms with van der Waals surface area (Å²) >= 11 is 12.1. The maximum absolute atomic E-state index is 11.6. The van der Waals surface area contributed by atoms with E-state index >= 15 is 0 Å². The van der Waals surface area contributed by atoms with Crippen molar-refractivity contribution in [1.29, 1.82) is 0 Å². The highest BCUT2D eigenvalue weighted by atomic mass is 35.5. The Hall–Kier alpha value is -0.970. The van der Waals surface area contributed by atoms with E-state index in [0.717, 1.165) is 18.4 Å². The van der Waals surface area contributed by atoms with Crippen molar-refractivity contribution in [3.63, 3.8) is 0 Å². The molecule has 1 aliphatic carbocycles. The zero-order chi connectivity index (χ0) is 16.3. The third kappa shape index (κ3) is 5.34. The largest absolute Gasteiger partial charge is 0.444 e. The monoisotopic (exact) mass is 344 g/mol. The second kappa shape index (κ2) is 7.07. The Morgan fingerprint density at radius 1 is 1.27 bits per heavy atom. The summed E-state index contributed by atoms with van der Waals surface area (Å²) in [4.78, 5) is 11.6. The van der Waals surface area contributed by atoms with Crippen molar-refractivity contribution < 1.29 is 9.53 Å². The fourth-order valence-electron chi connectivity index (χ4n) is 2.31. The van der Waals surface area contributed by atoms with Crippen LogP contribution in [0.4, 0.5) is 4.79 Å². The minimum atomic E-state index is -0.463. The number of hydrogen-bond acceptors (Lipinski definition) is 3. The van der Waals surface area contributed by atoms with E-state index in [0.29, 0.717) is 22.6 Å². The molecule has 0 atom stereocenters. The molecule has 1 saturated carbocycles. The Balaban J connectivity index is 1.69. The topological polar surface area (TPSA) is 50.4 Å². The van der Waals surface area contributed by atoms with Gasteiger partial charge in [-0.1, -0.05) is 23.2 Å². The second-order valence-electron chi connectivity index (χ2n) is 6.63. The lowest BCUT2D eigenvalue weighted by molar-refractivity contribution is 0.0465. The molecule has 0 aliphatic heterocycles. The normalized spacial score (nSPS) is 21.1. The number of nitrogens with one attached hydrogen (secondary N) is 2. The molecule has 1 aromatic rings. The predicted molar refractivity (Wildman–Crippen MR) is 89.5 cm³/mol. The van der Waals surface area contributed by atoms with Gasteiger partial charge in [-0.05, 0) is 57.4 Å². The highest BCUT2D eigenvalue weighted by Gasteiger charge is 2.31. The van der Waals surface area contributed by atoms with E-state index in [1.165, 1.54) is 0 Å². The fourth-order valence-corrected chi connectivity index (χ4v) is 2.69. The van der Waals surface area contributed by atoms with Crippen LogP contribution in [0.15, 0.2) is 18.2 Å². The first kappa shape index (κ1) is 17.4. The zero-order valence-electron chi connectivity index (χ0n) is 13.1. The van der Waals surface area contributed by atoms with Crippen LogP contribution in [0.3, 0.4) is 0 Å². The first-order valence-electron chi connectivity index (χ1n) is 7.40. The first-order valence-corrected chi connectivity index (χ1v) is 8.15. The molecule has 22 heavy (non-hydrogen) atoms. The molecule has 4 nitrogen and oxygen atoms in total. The average molecular weight is 345 g/mol. The van der Waals surface area contributed by atoms with Gasteiger partial charge in [0.1, 0.15) is 5.60 Å². The van der Waals surface area contributed by atoms with Crippen molar-refractivity contribution in [1.82, 2.24) is 10.6 Å². The molecule has 0 saturated heterocycles. The molecule has 0 aromatic heterocycles. The lowest BCUT2D eigenvalue weighted by atomic mass is 9.87. The van der Waals surface area contributed by atoms with E-state index in [-0.39, 0.29) is 12.1 Å². The quantitative estimate of drug-likeness (QED) is 0.862. The molecule has 0 bridgehead atoms. The summed E-state index contributed by atoms with van der Waals surface area (Å²) in [6.45, 7) is 6.23. The van der Waals surface area contributed by atoms with E-state index in [4.69, 9.17) is 27.9 Å². The molecule has 2 N–H and O–H groups in total. The molecule has 1 aromatic carbocycles. The number of benzene rings is 1. The van der Waals surface area contributed by atoms with Gasteiger partial charge in [0.2, 0.25) is 0 Å². The first-order chi connectivity index (χ1) is 10.2. The zero-order valence-corrected chi connectivity index (χ0v) is 14.6. The Morgan fingerprint density at radius 3 is 2.59 bits per heavy atom. The van der Waals surface area contributed by atoms with Crippen molar-refractivity contribution in [3.05, 3.63) is 33.8 Å². The van der Waals surface area contributed by atoms with E-state index in [1.807, 2.05) is 26.8 Å². The minimum absolute atomic E-state index is 0.169. The standard InChI is InChI=1S/C16H22Cl2N2O2/c1-16(2,3)22-15(21)20-13-7-12(8-13)19-9-10-6-11(17)4-5-14(10)18/h4-6,12-13,19H,7-9H2,1-3H3,(H,20,21). The molecule has 1 aliphatic rings. The second-order valence-corrected chi connectivity index (χ2v) is 7.47. The third-order valence-electron chi connectivity index (χ3n) is 3.45. The van der Waals surface area contributed by atoms with Gasteiger partial charge in [0.25, 0.3) is 0 Å². The van der Waals surface area contributed by atoms with Crippen LogP contribution in [-0.4, -0.2) is 23.8 Å². The molecular weight excluding hydrogens is 323 g/mol. The van der Waals surface area contributed by atoms with Crippen molar-refractivity contribution in [3.8, 4) is 0 Å². The number of halogens is 2. The number of hydrogen-bond donors (Lipinski definition) is 2. The van der Waals surface area contributed by atoms with Crippen LogP contribution in [0, 0.1) is 0 Å². The van der Waals surface area contributed by atoms with Gasteiger partial charge in [0, 0.05) is 28.7 Å². The highest BCUT2D eigenvalue weighted by molar-refractivity contribution is 6.33. The molecular formula is C16H22Cl2N2O2. The summed E-state index contributed by atoms with van der Waals surface area (Å²) in [5.41, 5.74) is 0.521. The van der Waals surface area contributed by atoms with Gasteiger partial charge in [0.05, 0.1) is 0 Å². The van der Waals surface area contributed by atoms with Crippen LogP contribution >= 0.6 is 23.2 Å². The Labute approximate surface area is 141 Å². The lowest BCUT2D eigenvalue weighted by Crippen LogP contribution is -2.52. The molecule has 2 rings (SSSR count). The maximum Gasteiger partial charge on any atom is 0.407 e. The Kier molecular flexibility index (Phi) is 5.59. The van der Waals surface area contributed by atoms with Crippen LogP contribution in [0.25, 0.3) is 0 Å². The number of alkyl carbamates (subject to hydrolysis) is 1. The number of carbonyl (C=O) groups excluding carboxylic acids is 1. The number of amides is 1. The summed E-state index contributed by atoms with van der Waals surface area (Å²) in [6.07, 6.45) is 1.42. The van der Waals surface area contributed by atoms with Gasteiger partial charge >= 0.3 is 6.09 Å². The molecule has 0 radical (unpaired) electrons. The van der Waals surface area contributed by atoms with Crippen molar-refractivity contribution in [2.45, 2.75) is 57.8 Å². The average Bonchev–Trinajstić information content (AvgIpc) is 2.33. The van der Waals surface area contributed by atoms with Gasteiger partial charge in [0.15, 0.2) is 0 Å². The van der Waals surface area contributed by atoms with Crippen molar-refractivity contribution in [2.75, 3.05) is 0 Å². The summed E-state index contributed by atoms with van der Waals surface area (Å²) < 4.78 is 5.23. The predicted octanol–water partition coefficient (Wildman–Crippen LogP) is 4.14. The SMILES string of the molecule is CC(C)(C)OC(=O)NC1CC(NCc2cc(Cl)ccc2Cl)C1. The van der Waals surface area contributed by atoms with Gasteiger partial charge in [-0.25, -0.2) is 4.79 Å². The van der Waals surface area contributed by atoms with Crippen LogP contribution in [0.1, 0.15) is 39.2 Å². The fraction of sp³-hybridized carbons (Fsp3) is 0.562. The highest BCUT2D eigenvalue weighted by Crippen LogP contribution is 2.24. The van der Waals surface area contributed by atoms with Crippen molar-refractivity contribution >= 4 is 29.3 Å². The summed E-state index contributed by atoms with van der Waals surface area (Å²) in [5.74, 6) is 0. The van der Waals surface area contributed by atoms with Crippen LogP contribution in [0.5, 0.6) is 0 Å². The molecule has 0 heterocycles. The molecule has 1 fully saturated rings. The van der Waals surface area contributed by atoms with Crippen LogP contribution in [0.2, 0.25) is 10.0 Å². The van der Waals surface area contributed by atoms with E-state index in [2.05, 4.69) is 10.6 Å². The van der Waals surface area contributed by atoms with E-state index in [1.54, 1.807) is 12.1 Å². The minimum Gasteiger partial charge on any atom is -0.444 e.